The zero-order valence-corrected chi connectivity index (χ0v) is 30.9. The first-order valence-electron chi connectivity index (χ1n) is 17.2. The topological polar surface area (TPSA) is 80.6 Å². The predicted octanol–water partition coefficient (Wildman–Crippen LogP) is 8.65. The number of nitrogens with one attached hydrogen (secondary N) is 1. The van der Waals surface area contributed by atoms with E-state index in [9.17, 15) is 40.7 Å². The molecule has 7 nitrogen and oxygen atoms in total. The van der Waals surface area contributed by atoms with Crippen molar-refractivity contribution in [1.82, 2.24) is 14.8 Å². The molecule has 53 heavy (non-hydrogen) atoms. The fourth-order valence-electron chi connectivity index (χ4n) is 6.16. The number of nitrogens with zero attached hydrogens (tertiary/aromatic N) is 2. The predicted molar refractivity (Wildman–Crippen MR) is 184 cm³/mol. The molecule has 0 aliphatic rings. The third kappa shape index (κ3) is 10.2. The molecule has 1 aromatic heterocycles. The van der Waals surface area contributed by atoms with Gasteiger partial charge in [-0.05, 0) is 93.9 Å². The lowest BCUT2D eigenvalue weighted by molar-refractivity contribution is -0.144. The summed E-state index contributed by atoms with van der Waals surface area (Å²) >= 11 is 0. The standard InChI is InChI=1S/C38H45F8N3O4/c1-9-48(8)14-13-24-19-49(30(50)17-26(24)37(41,42)43)29(15-20(3)4)36(52)47-28(18-31(51)53-10-2)33-34(39)25(16-27(35(33)40)38(44,45)46)32-22(6)12-11-21(5)23(32)7/h11-12,16-17,19-20,28-29H,9-10,13-15,18H2,1-8H3,(H,47,52)/t28-,29?/m0/s1. The Morgan fingerprint density at radius 3 is 2.08 bits per heavy atom. The van der Waals surface area contributed by atoms with Gasteiger partial charge in [-0.1, -0.05) is 32.9 Å². The van der Waals surface area contributed by atoms with Crippen molar-refractivity contribution in [2.75, 3.05) is 26.7 Å². The molecule has 0 radical (unpaired) electrons. The van der Waals surface area contributed by atoms with Gasteiger partial charge in [-0.25, -0.2) is 8.78 Å². The summed E-state index contributed by atoms with van der Waals surface area (Å²) in [6.45, 7) is 11.7. The number of pyridine rings is 1. The zero-order chi connectivity index (χ0) is 40.2. The van der Waals surface area contributed by atoms with Crippen molar-refractivity contribution in [1.29, 1.82) is 0 Å². The minimum Gasteiger partial charge on any atom is -0.466 e. The molecule has 0 bridgehead atoms. The van der Waals surface area contributed by atoms with E-state index in [1.54, 1.807) is 58.7 Å². The lowest BCUT2D eigenvalue weighted by Crippen LogP contribution is -2.41. The molecule has 3 aromatic rings. The van der Waals surface area contributed by atoms with Gasteiger partial charge in [0.2, 0.25) is 5.91 Å². The molecule has 0 saturated heterocycles. The van der Waals surface area contributed by atoms with Crippen LogP contribution in [0.4, 0.5) is 35.1 Å². The average molecular weight is 760 g/mol. The maximum Gasteiger partial charge on any atom is 0.419 e. The Balaban J connectivity index is 2.32. The van der Waals surface area contributed by atoms with E-state index >= 15 is 8.78 Å². The summed E-state index contributed by atoms with van der Waals surface area (Å²) in [7, 11) is 1.68. The van der Waals surface area contributed by atoms with Crippen LogP contribution in [0.15, 0.2) is 35.3 Å². The molecule has 2 atom stereocenters. The largest absolute Gasteiger partial charge is 0.466 e. The van der Waals surface area contributed by atoms with Crippen LogP contribution in [-0.4, -0.2) is 48.1 Å². The zero-order valence-electron chi connectivity index (χ0n) is 30.9. The van der Waals surface area contributed by atoms with Gasteiger partial charge in [0, 0.05) is 29.9 Å². The number of esters is 1. The first-order chi connectivity index (χ1) is 24.5. The molecule has 1 N–H and O–H groups in total. The lowest BCUT2D eigenvalue weighted by atomic mass is 9.87. The van der Waals surface area contributed by atoms with Crippen molar-refractivity contribution in [3.05, 3.63) is 91.4 Å². The molecule has 0 saturated carbocycles. The third-order valence-corrected chi connectivity index (χ3v) is 9.20. The second-order valence-electron chi connectivity index (χ2n) is 13.5. The second kappa shape index (κ2) is 17.3. The molecular formula is C38H45F8N3O4. The number of aryl methyl sites for hydroxylation is 2. The Morgan fingerprint density at radius 1 is 0.925 bits per heavy atom. The van der Waals surface area contributed by atoms with Crippen LogP contribution in [0.2, 0.25) is 0 Å². The van der Waals surface area contributed by atoms with Gasteiger partial charge in [-0.15, -0.1) is 0 Å². The Hall–Kier alpha value is -4.27. The van der Waals surface area contributed by atoms with Crippen LogP contribution >= 0.6 is 0 Å². The summed E-state index contributed by atoms with van der Waals surface area (Å²) in [4.78, 5) is 42.0. The number of halogens is 8. The number of alkyl halides is 6. The molecule has 15 heteroatoms. The SMILES string of the molecule is CCOC(=O)C[C@H](NC(=O)C(CC(C)C)n1cc(CCN(C)CC)c(C(F)(F)F)cc1=O)c1c(F)c(-c2c(C)ccc(C)c2C)cc(C(F)(F)F)c1F. The Labute approximate surface area is 303 Å². The molecule has 0 spiro atoms. The van der Waals surface area contributed by atoms with Gasteiger partial charge in [0.25, 0.3) is 5.56 Å². The van der Waals surface area contributed by atoms with E-state index in [2.05, 4.69) is 5.32 Å². The van der Waals surface area contributed by atoms with Crippen molar-refractivity contribution in [3.8, 4) is 11.1 Å². The number of aromatic nitrogens is 1. The van der Waals surface area contributed by atoms with E-state index < -0.39 is 82.2 Å². The van der Waals surface area contributed by atoms with E-state index in [-0.39, 0.29) is 43.0 Å². The normalized spacial score (nSPS) is 13.4. The van der Waals surface area contributed by atoms with E-state index in [0.29, 0.717) is 35.4 Å². The summed E-state index contributed by atoms with van der Waals surface area (Å²) in [6.07, 6.45) is -10.7. The van der Waals surface area contributed by atoms with Crippen LogP contribution < -0.4 is 10.9 Å². The number of rotatable bonds is 14. The highest BCUT2D eigenvalue weighted by molar-refractivity contribution is 5.82. The molecule has 3 rings (SSSR count). The van der Waals surface area contributed by atoms with E-state index in [1.807, 2.05) is 0 Å². The number of benzene rings is 2. The number of ether oxygens (including phenoxy) is 1. The van der Waals surface area contributed by atoms with Crippen molar-refractivity contribution >= 4 is 11.9 Å². The molecule has 1 heterocycles. The highest BCUT2D eigenvalue weighted by atomic mass is 19.4. The van der Waals surface area contributed by atoms with Gasteiger partial charge in [0.1, 0.15) is 17.7 Å². The van der Waals surface area contributed by atoms with E-state index in [4.69, 9.17) is 4.74 Å². The molecular weight excluding hydrogens is 714 g/mol. The number of hydrogen-bond acceptors (Lipinski definition) is 5. The first kappa shape index (κ1) is 43.1. The maximum atomic E-state index is 16.7. The molecule has 292 valence electrons. The van der Waals surface area contributed by atoms with Gasteiger partial charge >= 0.3 is 18.3 Å². The highest BCUT2D eigenvalue weighted by Gasteiger charge is 2.41. The maximum absolute atomic E-state index is 16.7. The fraction of sp³-hybridized carbons (Fsp3) is 0.500. The van der Waals surface area contributed by atoms with Crippen LogP contribution in [0.3, 0.4) is 0 Å². The van der Waals surface area contributed by atoms with Crippen LogP contribution in [-0.2, 0) is 33.1 Å². The number of likely N-dealkylation sites (N-methyl/N-ethyl adjacent to an activating group) is 1. The third-order valence-electron chi connectivity index (χ3n) is 9.20. The van der Waals surface area contributed by atoms with Crippen molar-refractivity contribution in [2.45, 2.75) is 92.2 Å². The number of carbonyl (C=O) groups excluding carboxylic acids is 2. The van der Waals surface area contributed by atoms with Crippen molar-refractivity contribution < 1.29 is 49.4 Å². The van der Waals surface area contributed by atoms with Gasteiger partial charge in [0.15, 0.2) is 0 Å². The Bertz CT molecular complexity index is 1870. The fourth-order valence-corrected chi connectivity index (χ4v) is 6.16. The van der Waals surface area contributed by atoms with Crippen molar-refractivity contribution in [3.63, 3.8) is 0 Å². The monoisotopic (exact) mass is 759 g/mol. The molecule has 1 amide bonds. The van der Waals surface area contributed by atoms with Crippen LogP contribution in [0.1, 0.15) is 91.6 Å². The van der Waals surface area contributed by atoms with Crippen LogP contribution in [0.25, 0.3) is 11.1 Å². The average Bonchev–Trinajstić information content (AvgIpc) is 3.04. The van der Waals surface area contributed by atoms with E-state index in [0.717, 1.165) is 10.8 Å². The van der Waals surface area contributed by atoms with E-state index in [1.165, 1.54) is 13.8 Å². The smallest absolute Gasteiger partial charge is 0.419 e. The molecule has 0 aliphatic heterocycles. The number of amides is 1. The molecule has 2 aromatic carbocycles. The summed E-state index contributed by atoms with van der Waals surface area (Å²) in [5, 5.41) is 2.28. The summed E-state index contributed by atoms with van der Waals surface area (Å²) in [5.74, 6) is -6.24. The molecule has 1 unspecified atom stereocenters. The van der Waals surface area contributed by atoms with Gasteiger partial charge in [-0.2, -0.15) is 26.3 Å². The second-order valence-corrected chi connectivity index (χ2v) is 13.5. The quantitative estimate of drug-likeness (QED) is 0.132. The van der Waals surface area contributed by atoms with Gasteiger partial charge < -0.3 is 19.5 Å². The summed E-state index contributed by atoms with van der Waals surface area (Å²) in [6, 6.07) is 0.227. The highest BCUT2D eigenvalue weighted by Crippen LogP contribution is 2.42. The van der Waals surface area contributed by atoms with Gasteiger partial charge in [0.05, 0.1) is 30.2 Å². The van der Waals surface area contributed by atoms with Crippen molar-refractivity contribution in [2.24, 2.45) is 5.92 Å². The first-order valence-corrected chi connectivity index (χ1v) is 17.2. The van der Waals surface area contributed by atoms with Gasteiger partial charge in [-0.3, -0.25) is 14.4 Å². The lowest BCUT2D eigenvalue weighted by Gasteiger charge is -2.28. The Morgan fingerprint density at radius 2 is 1.53 bits per heavy atom. The summed E-state index contributed by atoms with van der Waals surface area (Å²) < 4.78 is 124. The molecule has 0 aliphatic carbocycles. The summed E-state index contributed by atoms with van der Waals surface area (Å²) in [5.41, 5.74) is -5.06. The Kier molecular flexibility index (Phi) is 14.0. The number of hydrogen-bond donors (Lipinski definition) is 1. The van der Waals surface area contributed by atoms with Crippen LogP contribution in [0, 0.1) is 38.3 Å². The minimum atomic E-state index is -5.35. The molecule has 0 fully saturated rings. The minimum absolute atomic E-state index is 0.0469. The van der Waals surface area contributed by atoms with Crippen LogP contribution in [0.5, 0.6) is 0 Å². The number of carbonyl (C=O) groups is 2.